The molecule has 0 N–H and O–H groups in total. The molecule has 78 valence electrons. The molecule has 0 aromatic heterocycles. The van der Waals surface area contributed by atoms with E-state index in [1.807, 2.05) is 20.8 Å². The molecule has 0 fully saturated rings. The van der Waals surface area contributed by atoms with Gasteiger partial charge in [-0.1, -0.05) is 25.4 Å². The van der Waals surface area contributed by atoms with Gasteiger partial charge in [0.25, 0.3) is 0 Å². The van der Waals surface area contributed by atoms with Crippen molar-refractivity contribution in [3.63, 3.8) is 0 Å². The fourth-order valence-corrected chi connectivity index (χ4v) is 1.71. The predicted molar refractivity (Wildman–Crippen MR) is 56.7 cm³/mol. The lowest BCUT2D eigenvalue weighted by molar-refractivity contribution is 0.319. The molecule has 0 unspecified atom stereocenters. The van der Waals surface area contributed by atoms with E-state index in [0.29, 0.717) is 17.2 Å². The highest BCUT2D eigenvalue weighted by Gasteiger charge is 2.15. The summed E-state index contributed by atoms with van der Waals surface area (Å²) in [5.41, 5.74) is 0.526. The van der Waals surface area contributed by atoms with Gasteiger partial charge in [-0.2, -0.15) is 0 Å². The summed E-state index contributed by atoms with van der Waals surface area (Å²) < 4.78 is 18.9. The third-order valence-corrected chi connectivity index (χ3v) is 2.30. The Kier molecular flexibility index (Phi) is 3.76. The maximum atomic E-state index is 13.8. The Morgan fingerprint density at radius 3 is 2.57 bits per heavy atom. The van der Waals surface area contributed by atoms with Crippen molar-refractivity contribution in [3.8, 4) is 5.75 Å². The Balaban J connectivity index is 3.19. The molecular formula is C11H14ClFO. The van der Waals surface area contributed by atoms with Crippen molar-refractivity contribution in [3.05, 3.63) is 28.5 Å². The number of halogens is 2. The minimum absolute atomic E-state index is 0.0582. The first-order valence-corrected chi connectivity index (χ1v) is 5.06. The van der Waals surface area contributed by atoms with Gasteiger partial charge in [0.1, 0.15) is 0 Å². The Morgan fingerprint density at radius 2 is 2.07 bits per heavy atom. The summed E-state index contributed by atoms with van der Waals surface area (Å²) in [4.78, 5) is 0. The molecule has 0 amide bonds. The SMILES string of the molecule is CCOc1ccc(Cl)c(C(C)C)c1F. The van der Waals surface area contributed by atoms with Gasteiger partial charge in [0.15, 0.2) is 11.6 Å². The molecule has 0 heterocycles. The molecule has 1 nitrogen and oxygen atoms in total. The van der Waals surface area contributed by atoms with Crippen LogP contribution in [0.3, 0.4) is 0 Å². The summed E-state index contributed by atoms with van der Waals surface area (Å²) in [6, 6.07) is 3.23. The van der Waals surface area contributed by atoms with Crippen LogP contribution in [0.15, 0.2) is 12.1 Å². The molecule has 0 atom stereocenters. The summed E-state index contributed by atoms with van der Waals surface area (Å²) in [6.07, 6.45) is 0. The van der Waals surface area contributed by atoms with Crippen molar-refractivity contribution in [1.29, 1.82) is 0 Å². The van der Waals surface area contributed by atoms with Gasteiger partial charge in [0, 0.05) is 10.6 Å². The zero-order valence-electron chi connectivity index (χ0n) is 8.60. The lowest BCUT2D eigenvalue weighted by Crippen LogP contribution is -2.00. The molecule has 0 radical (unpaired) electrons. The summed E-state index contributed by atoms with van der Waals surface area (Å²) in [6.45, 7) is 6.08. The van der Waals surface area contributed by atoms with Crippen molar-refractivity contribution in [1.82, 2.24) is 0 Å². The number of benzene rings is 1. The van der Waals surface area contributed by atoms with Gasteiger partial charge >= 0.3 is 0 Å². The molecule has 0 spiro atoms. The van der Waals surface area contributed by atoms with Crippen molar-refractivity contribution in [2.45, 2.75) is 26.7 Å². The van der Waals surface area contributed by atoms with Gasteiger partial charge in [-0.3, -0.25) is 0 Å². The maximum absolute atomic E-state index is 13.8. The Bertz CT molecular complexity index is 323. The molecule has 1 aromatic carbocycles. The molecule has 0 bridgehead atoms. The highest BCUT2D eigenvalue weighted by molar-refractivity contribution is 6.31. The second kappa shape index (κ2) is 4.65. The first kappa shape index (κ1) is 11.3. The van der Waals surface area contributed by atoms with E-state index < -0.39 is 0 Å². The molecule has 0 aliphatic heterocycles. The first-order chi connectivity index (χ1) is 6.57. The van der Waals surface area contributed by atoms with E-state index in [1.54, 1.807) is 12.1 Å². The molecule has 0 saturated carbocycles. The average molecular weight is 217 g/mol. The monoisotopic (exact) mass is 216 g/mol. The van der Waals surface area contributed by atoms with E-state index in [4.69, 9.17) is 16.3 Å². The number of rotatable bonds is 3. The summed E-state index contributed by atoms with van der Waals surface area (Å²) >= 11 is 5.90. The van der Waals surface area contributed by atoms with Crippen LogP contribution in [0.5, 0.6) is 5.75 Å². The van der Waals surface area contributed by atoms with Crippen LogP contribution < -0.4 is 4.74 Å². The van der Waals surface area contributed by atoms with E-state index in [1.165, 1.54) is 0 Å². The summed E-state index contributed by atoms with van der Waals surface area (Å²) in [5, 5.41) is 0.459. The Labute approximate surface area is 88.8 Å². The van der Waals surface area contributed by atoms with Gasteiger partial charge in [-0.05, 0) is 25.0 Å². The normalized spacial score (nSPS) is 10.7. The molecule has 0 aliphatic rings. The smallest absolute Gasteiger partial charge is 0.169 e. The van der Waals surface area contributed by atoms with Crippen LogP contribution in [0.25, 0.3) is 0 Å². The minimum atomic E-state index is -0.339. The highest BCUT2D eigenvalue weighted by atomic mass is 35.5. The minimum Gasteiger partial charge on any atom is -0.491 e. The zero-order valence-corrected chi connectivity index (χ0v) is 9.36. The van der Waals surface area contributed by atoms with E-state index in [0.717, 1.165) is 0 Å². The lowest BCUT2D eigenvalue weighted by Gasteiger charge is -2.13. The van der Waals surface area contributed by atoms with Crippen LogP contribution in [0.2, 0.25) is 5.02 Å². The number of hydrogen-bond acceptors (Lipinski definition) is 1. The molecule has 3 heteroatoms. The quantitative estimate of drug-likeness (QED) is 0.742. The third kappa shape index (κ3) is 2.18. The van der Waals surface area contributed by atoms with E-state index in [9.17, 15) is 4.39 Å². The fourth-order valence-electron chi connectivity index (χ4n) is 1.35. The second-order valence-corrected chi connectivity index (χ2v) is 3.77. The van der Waals surface area contributed by atoms with Crippen LogP contribution in [0, 0.1) is 5.82 Å². The standard InChI is InChI=1S/C11H14ClFO/c1-4-14-9-6-5-8(12)10(7(2)3)11(9)13/h5-7H,4H2,1-3H3. The van der Waals surface area contributed by atoms with Gasteiger partial charge in [0.2, 0.25) is 0 Å². The van der Waals surface area contributed by atoms with E-state index in [2.05, 4.69) is 0 Å². The average Bonchev–Trinajstić information content (AvgIpc) is 2.10. The molecule has 1 aromatic rings. The predicted octanol–water partition coefficient (Wildman–Crippen LogP) is 4.00. The van der Waals surface area contributed by atoms with Gasteiger partial charge < -0.3 is 4.74 Å². The van der Waals surface area contributed by atoms with Crippen molar-refractivity contribution < 1.29 is 9.13 Å². The highest BCUT2D eigenvalue weighted by Crippen LogP contribution is 2.32. The first-order valence-electron chi connectivity index (χ1n) is 4.68. The third-order valence-electron chi connectivity index (χ3n) is 1.97. The second-order valence-electron chi connectivity index (χ2n) is 3.36. The topological polar surface area (TPSA) is 9.23 Å². The van der Waals surface area contributed by atoms with Crippen LogP contribution in [-0.2, 0) is 0 Å². The molecule has 14 heavy (non-hydrogen) atoms. The maximum Gasteiger partial charge on any atom is 0.169 e. The molecule has 0 saturated heterocycles. The van der Waals surface area contributed by atoms with Gasteiger partial charge in [-0.15, -0.1) is 0 Å². The van der Waals surface area contributed by atoms with Crippen molar-refractivity contribution in [2.24, 2.45) is 0 Å². The molecular weight excluding hydrogens is 203 g/mol. The number of hydrogen-bond donors (Lipinski definition) is 0. The zero-order chi connectivity index (χ0) is 10.7. The van der Waals surface area contributed by atoms with Crippen molar-refractivity contribution in [2.75, 3.05) is 6.61 Å². The van der Waals surface area contributed by atoms with Crippen LogP contribution in [-0.4, -0.2) is 6.61 Å². The van der Waals surface area contributed by atoms with E-state index in [-0.39, 0.29) is 17.5 Å². The Hall–Kier alpha value is -0.760. The largest absolute Gasteiger partial charge is 0.491 e. The molecule has 0 aliphatic carbocycles. The Morgan fingerprint density at radius 1 is 1.43 bits per heavy atom. The molecule has 1 rings (SSSR count). The van der Waals surface area contributed by atoms with Gasteiger partial charge in [-0.25, -0.2) is 4.39 Å². The lowest BCUT2D eigenvalue weighted by atomic mass is 10.0. The van der Waals surface area contributed by atoms with Crippen molar-refractivity contribution >= 4 is 11.6 Å². The van der Waals surface area contributed by atoms with Crippen LogP contribution in [0.1, 0.15) is 32.3 Å². The van der Waals surface area contributed by atoms with E-state index >= 15 is 0 Å². The fraction of sp³-hybridized carbons (Fsp3) is 0.455. The van der Waals surface area contributed by atoms with Gasteiger partial charge in [0.05, 0.1) is 6.61 Å². The number of ether oxygens (including phenoxy) is 1. The summed E-state index contributed by atoms with van der Waals surface area (Å²) in [7, 11) is 0. The van der Waals surface area contributed by atoms with Crippen LogP contribution >= 0.6 is 11.6 Å². The van der Waals surface area contributed by atoms with Crippen LogP contribution in [0.4, 0.5) is 4.39 Å². The summed E-state index contributed by atoms with van der Waals surface area (Å²) in [5.74, 6) is -0.00199.